The number of imidazole rings is 1. The summed E-state index contributed by atoms with van der Waals surface area (Å²) >= 11 is 0. The van der Waals surface area contributed by atoms with Crippen LogP contribution in [-0.4, -0.2) is 33.3 Å². The van der Waals surface area contributed by atoms with E-state index in [1.165, 1.54) is 47.3 Å². The number of H-pyrrole nitrogens is 1. The highest BCUT2D eigenvalue weighted by atomic mass is 32.2. The molecule has 0 aliphatic heterocycles. The molecular formula is C29H25F3N4O5S. The molecule has 0 aliphatic rings. The van der Waals surface area contributed by atoms with Gasteiger partial charge in [0.05, 0.1) is 29.1 Å². The topological polar surface area (TPSA) is 116 Å². The van der Waals surface area contributed by atoms with E-state index in [1.807, 2.05) is 6.92 Å². The number of nitrogens with one attached hydrogen (secondary N) is 1. The molecule has 0 radical (unpaired) electrons. The summed E-state index contributed by atoms with van der Waals surface area (Å²) in [5.74, 6) is 0.317. The number of fused-ring (bicyclic) bond motifs is 1. The highest BCUT2D eigenvalue weighted by molar-refractivity contribution is 7.91. The van der Waals surface area contributed by atoms with Crippen molar-refractivity contribution in [2.75, 3.05) is 5.75 Å². The summed E-state index contributed by atoms with van der Waals surface area (Å²) in [6.45, 7) is 2.56. The zero-order valence-electron chi connectivity index (χ0n) is 22.3. The van der Waals surface area contributed by atoms with Crippen LogP contribution in [0, 0.1) is 0 Å². The van der Waals surface area contributed by atoms with Gasteiger partial charge in [-0.3, -0.25) is 14.3 Å². The minimum Gasteiger partial charge on any atom is -0.457 e. The molecule has 42 heavy (non-hydrogen) atoms. The zero-order chi connectivity index (χ0) is 30.1. The fraction of sp³-hybridized carbons (Fsp3) is 0.207. The van der Waals surface area contributed by atoms with Crippen molar-refractivity contribution in [2.45, 2.75) is 37.5 Å². The molecule has 2 heterocycles. The van der Waals surface area contributed by atoms with Crippen molar-refractivity contribution in [3.05, 3.63) is 117 Å². The number of hydrogen-bond acceptors (Lipinski definition) is 6. The number of nitrogens with zero attached hydrogens (tertiary/aromatic N) is 3. The molecule has 0 saturated carbocycles. The van der Waals surface area contributed by atoms with Crippen molar-refractivity contribution in [1.29, 1.82) is 0 Å². The molecule has 5 aromatic rings. The lowest BCUT2D eigenvalue weighted by Gasteiger charge is -2.10. The maximum atomic E-state index is 12.9. The molecule has 218 valence electrons. The largest absolute Gasteiger partial charge is 0.457 e. The molecule has 0 amide bonds. The third-order valence-corrected chi connectivity index (χ3v) is 8.45. The Kier molecular flexibility index (Phi) is 7.78. The average Bonchev–Trinajstić information content (AvgIpc) is 3.40. The van der Waals surface area contributed by atoms with Crippen molar-refractivity contribution in [1.82, 2.24) is 19.1 Å². The number of halogens is 3. The monoisotopic (exact) mass is 598 g/mol. The molecule has 2 aromatic heterocycles. The van der Waals surface area contributed by atoms with Crippen LogP contribution in [-0.2, 0) is 35.5 Å². The first kappa shape index (κ1) is 28.9. The Labute approximate surface area is 237 Å². The Bertz CT molecular complexity index is 1940. The maximum Gasteiger partial charge on any atom is 0.416 e. The molecule has 0 bridgehead atoms. The fourth-order valence-corrected chi connectivity index (χ4v) is 5.73. The molecule has 0 aliphatic carbocycles. The van der Waals surface area contributed by atoms with Crippen LogP contribution in [0.5, 0.6) is 11.5 Å². The second-order valence-corrected chi connectivity index (χ2v) is 11.6. The Balaban J connectivity index is 1.22. The van der Waals surface area contributed by atoms with Gasteiger partial charge in [0, 0.05) is 6.54 Å². The first-order valence-electron chi connectivity index (χ1n) is 12.9. The molecular weight excluding hydrogens is 573 g/mol. The highest BCUT2D eigenvalue weighted by Gasteiger charge is 2.30. The van der Waals surface area contributed by atoms with Gasteiger partial charge in [-0.2, -0.15) is 13.2 Å². The molecule has 0 spiro atoms. The highest BCUT2D eigenvalue weighted by Crippen LogP contribution is 2.31. The number of aromatic nitrogens is 4. The van der Waals surface area contributed by atoms with Crippen molar-refractivity contribution >= 4 is 21.0 Å². The standard InChI is InChI=1S/C29H25F3N4O5S/c1-2-35-18-33-26-25(35)27(37)34-28(38)36(26)17-20-5-3-19(4-6-20)15-16-42(39,40)24-13-11-23(12-14-24)41-22-9-7-21(8-10-22)29(30,31)32/h3-14,18H,2,15-17H2,1H3,(H,34,37,38). The Hall–Kier alpha value is -4.65. The first-order chi connectivity index (χ1) is 19.9. The number of ether oxygens (including phenoxy) is 1. The van der Waals surface area contributed by atoms with E-state index in [1.54, 1.807) is 28.8 Å². The fourth-order valence-electron chi connectivity index (χ4n) is 4.43. The molecule has 13 heteroatoms. The lowest BCUT2D eigenvalue weighted by Crippen LogP contribution is -2.31. The Morgan fingerprint density at radius 1 is 0.881 bits per heavy atom. The third kappa shape index (κ3) is 6.15. The van der Waals surface area contributed by atoms with Crippen molar-refractivity contribution in [3.63, 3.8) is 0 Å². The lowest BCUT2D eigenvalue weighted by molar-refractivity contribution is -0.137. The zero-order valence-corrected chi connectivity index (χ0v) is 23.1. The second-order valence-electron chi connectivity index (χ2n) is 9.53. The summed E-state index contributed by atoms with van der Waals surface area (Å²) in [6, 6.07) is 17.0. The quantitative estimate of drug-likeness (QED) is 0.261. The Morgan fingerprint density at radius 2 is 1.48 bits per heavy atom. The summed E-state index contributed by atoms with van der Waals surface area (Å²) in [5.41, 5.74) is 0.292. The summed E-state index contributed by atoms with van der Waals surface area (Å²) in [6.07, 6.45) is -2.69. The summed E-state index contributed by atoms with van der Waals surface area (Å²) < 4.78 is 72.6. The predicted octanol–water partition coefficient (Wildman–Crippen LogP) is 4.78. The molecule has 0 fully saturated rings. The van der Waals surface area contributed by atoms with Crippen LogP contribution in [0.15, 0.2) is 93.6 Å². The number of sulfone groups is 1. The lowest BCUT2D eigenvalue weighted by atomic mass is 10.1. The number of benzene rings is 3. The van der Waals surface area contributed by atoms with Crippen LogP contribution in [0.1, 0.15) is 23.6 Å². The van der Waals surface area contributed by atoms with Crippen LogP contribution in [0.25, 0.3) is 11.2 Å². The number of aromatic amines is 1. The first-order valence-corrected chi connectivity index (χ1v) is 14.5. The smallest absolute Gasteiger partial charge is 0.416 e. The molecule has 0 atom stereocenters. The van der Waals surface area contributed by atoms with Gasteiger partial charge in [0.2, 0.25) is 0 Å². The van der Waals surface area contributed by atoms with Gasteiger partial charge in [-0.1, -0.05) is 24.3 Å². The van der Waals surface area contributed by atoms with Crippen LogP contribution in [0.2, 0.25) is 0 Å². The maximum absolute atomic E-state index is 12.9. The van der Waals surface area contributed by atoms with Gasteiger partial charge in [-0.05, 0) is 73.0 Å². The summed E-state index contributed by atoms with van der Waals surface area (Å²) in [5, 5.41) is 0. The molecule has 3 aromatic carbocycles. The normalized spacial score (nSPS) is 12.1. The third-order valence-electron chi connectivity index (χ3n) is 6.72. The van der Waals surface area contributed by atoms with Gasteiger partial charge in [0.25, 0.3) is 5.56 Å². The van der Waals surface area contributed by atoms with Crippen molar-refractivity contribution in [2.24, 2.45) is 0 Å². The van der Waals surface area contributed by atoms with Crippen LogP contribution in [0.4, 0.5) is 13.2 Å². The van der Waals surface area contributed by atoms with E-state index in [4.69, 9.17) is 4.74 Å². The molecule has 1 N–H and O–H groups in total. The molecule has 9 nitrogen and oxygen atoms in total. The van der Waals surface area contributed by atoms with E-state index in [0.29, 0.717) is 12.1 Å². The van der Waals surface area contributed by atoms with E-state index < -0.39 is 32.8 Å². The van der Waals surface area contributed by atoms with Gasteiger partial charge in [0.1, 0.15) is 11.5 Å². The molecule has 0 saturated heterocycles. The van der Waals surface area contributed by atoms with Gasteiger partial charge < -0.3 is 9.30 Å². The van der Waals surface area contributed by atoms with Crippen LogP contribution < -0.4 is 16.0 Å². The van der Waals surface area contributed by atoms with E-state index >= 15 is 0 Å². The van der Waals surface area contributed by atoms with Gasteiger partial charge >= 0.3 is 11.9 Å². The predicted molar refractivity (Wildman–Crippen MR) is 150 cm³/mol. The summed E-state index contributed by atoms with van der Waals surface area (Å²) in [4.78, 5) is 31.4. The number of alkyl halides is 3. The number of aryl methyl sites for hydroxylation is 2. The summed E-state index contributed by atoms with van der Waals surface area (Å²) in [7, 11) is -3.63. The minimum atomic E-state index is -4.45. The van der Waals surface area contributed by atoms with Gasteiger partial charge in [0.15, 0.2) is 21.0 Å². The van der Waals surface area contributed by atoms with Crippen LogP contribution in [0.3, 0.4) is 0 Å². The minimum absolute atomic E-state index is 0.0897. The van der Waals surface area contributed by atoms with E-state index in [9.17, 15) is 31.2 Å². The van der Waals surface area contributed by atoms with E-state index in [0.717, 1.165) is 23.3 Å². The second kappa shape index (κ2) is 11.3. The van der Waals surface area contributed by atoms with Crippen molar-refractivity contribution < 1.29 is 26.3 Å². The van der Waals surface area contributed by atoms with Crippen molar-refractivity contribution in [3.8, 4) is 11.5 Å². The molecule has 0 unspecified atom stereocenters. The van der Waals surface area contributed by atoms with Crippen LogP contribution >= 0.6 is 0 Å². The number of rotatable bonds is 9. The van der Waals surface area contributed by atoms with Gasteiger partial charge in [-0.25, -0.2) is 18.2 Å². The van der Waals surface area contributed by atoms with Gasteiger partial charge in [-0.15, -0.1) is 0 Å². The average molecular weight is 599 g/mol. The SMILES string of the molecule is CCn1cnc2c1c(=O)[nH]c(=O)n2Cc1ccc(CCS(=O)(=O)c2ccc(Oc3ccc(C(F)(F)F)cc3)cc2)cc1. The Morgan fingerprint density at radius 3 is 2.07 bits per heavy atom. The van der Waals surface area contributed by atoms with E-state index in [2.05, 4.69) is 9.97 Å². The number of hydrogen-bond donors (Lipinski definition) is 1. The van der Waals surface area contributed by atoms with E-state index in [-0.39, 0.29) is 40.8 Å². The molecule has 5 rings (SSSR count).